The summed E-state index contributed by atoms with van der Waals surface area (Å²) in [4.78, 5) is 30.5. The van der Waals surface area contributed by atoms with Gasteiger partial charge in [-0.1, -0.05) is 25.5 Å². The normalized spacial score (nSPS) is 20.5. The Balaban J connectivity index is 1.76. The second-order valence-corrected chi connectivity index (χ2v) is 10.7. The zero-order valence-electron chi connectivity index (χ0n) is 22.5. The van der Waals surface area contributed by atoms with E-state index in [1.807, 2.05) is 37.3 Å². The number of aliphatic imine (C=N–C) groups is 1. The predicted octanol–water partition coefficient (Wildman–Crippen LogP) is 6.95. The summed E-state index contributed by atoms with van der Waals surface area (Å²) in [6, 6.07) is 13.5. The molecule has 2 aromatic carbocycles. The molecule has 1 amide bonds. The smallest absolute Gasteiger partial charge is 0.411 e. The number of anilines is 1. The molecule has 0 saturated heterocycles. The first-order chi connectivity index (χ1) is 18.8. The quantitative estimate of drug-likeness (QED) is 0.354. The molecule has 39 heavy (non-hydrogen) atoms. The molecule has 2 aromatic rings. The van der Waals surface area contributed by atoms with Crippen molar-refractivity contribution in [3.05, 3.63) is 63.3 Å². The van der Waals surface area contributed by atoms with Crippen LogP contribution in [0, 0.1) is 23.2 Å². The van der Waals surface area contributed by atoms with Crippen LogP contribution in [0.5, 0.6) is 11.5 Å². The molecular formula is C30H32BrN3O5. The number of hydrogen-bond acceptors (Lipinski definition) is 7. The molecule has 1 aliphatic carbocycles. The summed E-state index contributed by atoms with van der Waals surface area (Å²) in [5.41, 5.74) is 4.00. The monoisotopic (exact) mass is 593 g/mol. The highest BCUT2D eigenvalue weighted by Crippen LogP contribution is 2.47. The van der Waals surface area contributed by atoms with Crippen molar-refractivity contribution < 1.29 is 23.8 Å². The van der Waals surface area contributed by atoms with Crippen molar-refractivity contribution in [3.63, 3.8) is 0 Å². The Bertz CT molecular complexity index is 1380. The number of hydrogen-bond donors (Lipinski definition) is 1. The topological polar surface area (TPSA) is 110 Å². The predicted molar refractivity (Wildman–Crippen MR) is 152 cm³/mol. The lowest BCUT2D eigenvalue weighted by molar-refractivity contribution is -0.117. The third kappa shape index (κ3) is 6.17. The van der Waals surface area contributed by atoms with E-state index >= 15 is 0 Å². The van der Waals surface area contributed by atoms with E-state index in [9.17, 15) is 14.9 Å². The van der Waals surface area contributed by atoms with Gasteiger partial charge >= 0.3 is 6.09 Å². The molecular weight excluding hydrogens is 562 g/mol. The van der Waals surface area contributed by atoms with Gasteiger partial charge in [-0.2, -0.15) is 5.26 Å². The fraction of sp³-hybridized carbons (Fsp3) is 0.400. The molecule has 1 aliphatic heterocycles. The third-order valence-electron chi connectivity index (χ3n) is 7.17. The molecule has 1 heterocycles. The van der Waals surface area contributed by atoms with Crippen molar-refractivity contribution >= 4 is 39.2 Å². The maximum absolute atomic E-state index is 13.5. The fourth-order valence-corrected chi connectivity index (χ4v) is 5.98. The molecule has 204 valence electrons. The van der Waals surface area contributed by atoms with Crippen LogP contribution in [0.4, 0.5) is 10.5 Å². The molecule has 4 rings (SSSR count). The van der Waals surface area contributed by atoms with Crippen LogP contribution < -0.4 is 14.8 Å². The molecule has 0 saturated carbocycles. The van der Waals surface area contributed by atoms with Crippen molar-refractivity contribution in [2.24, 2.45) is 16.8 Å². The van der Waals surface area contributed by atoms with Gasteiger partial charge in [0.05, 0.1) is 36.4 Å². The molecule has 3 atom stereocenters. The van der Waals surface area contributed by atoms with Crippen LogP contribution in [0.3, 0.4) is 0 Å². The summed E-state index contributed by atoms with van der Waals surface area (Å²) in [5.74, 6) is 0.267. The number of benzene rings is 2. The Labute approximate surface area is 237 Å². The number of nitrogens with one attached hydrogen (secondary N) is 1. The number of ether oxygens (including phenoxy) is 3. The van der Waals surface area contributed by atoms with Crippen molar-refractivity contribution in [2.45, 2.75) is 52.1 Å². The highest BCUT2D eigenvalue weighted by molar-refractivity contribution is 9.10. The summed E-state index contributed by atoms with van der Waals surface area (Å²) in [7, 11) is 2.88. The van der Waals surface area contributed by atoms with Gasteiger partial charge in [0.2, 0.25) is 0 Å². The number of amides is 1. The largest absolute Gasteiger partial charge is 0.497 e. The van der Waals surface area contributed by atoms with E-state index in [0.717, 1.165) is 30.5 Å². The first kappa shape index (κ1) is 28.4. The Hall–Kier alpha value is -3.64. The van der Waals surface area contributed by atoms with Crippen LogP contribution in [0.15, 0.2) is 57.1 Å². The summed E-state index contributed by atoms with van der Waals surface area (Å²) in [6.07, 6.45) is 2.46. The molecule has 0 radical (unpaired) electrons. The molecule has 0 spiro atoms. The van der Waals surface area contributed by atoms with E-state index < -0.39 is 17.9 Å². The lowest BCUT2D eigenvalue weighted by Gasteiger charge is -2.35. The second kappa shape index (κ2) is 12.5. The number of rotatable bonds is 8. The number of carbonyl (C=O) groups excluding carboxylic acids is 2. The van der Waals surface area contributed by atoms with Gasteiger partial charge in [0.1, 0.15) is 12.4 Å². The molecule has 0 aromatic heterocycles. The Morgan fingerprint density at radius 1 is 1.23 bits per heavy atom. The summed E-state index contributed by atoms with van der Waals surface area (Å²) >= 11 is 3.61. The van der Waals surface area contributed by atoms with Crippen LogP contribution in [0.2, 0.25) is 0 Å². The van der Waals surface area contributed by atoms with Gasteiger partial charge in [0.15, 0.2) is 11.5 Å². The average molecular weight is 595 g/mol. The second-order valence-electron chi connectivity index (χ2n) is 9.82. The van der Waals surface area contributed by atoms with E-state index in [1.54, 1.807) is 13.2 Å². The number of Topliss-reactive ketones (excluding diaryl/α,β-unsaturated/α-hetero) is 1. The zero-order chi connectivity index (χ0) is 28.1. The molecule has 2 aliphatic rings. The SMILES string of the molecule is CCCC1CC(=O)C2=C(C1)N=C(C)C(C#N)C2c1cc(Br)c(OCc2cccc(OC)c2)c(NC(=O)OC)c1. The summed E-state index contributed by atoms with van der Waals surface area (Å²) in [5, 5.41) is 12.9. The van der Waals surface area contributed by atoms with Crippen LogP contribution in [0.25, 0.3) is 0 Å². The molecule has 0 bridgehead atoms. The Kier molecular flexibility index (Phi) is 9.08. The van der Waals surface area contributed by atoms with Crippen LogP contribution >= 0.6 is 15.9 Å². The van der Waals surface area contributed by atoms with Crippen LogP contribution in [-0.2, 0) is 16.1 Å². The van der Waals surface area contributed by atoms with Gasteiger partial charge in [-0.05, 0) is 77.0 Å². The van der Waals surface area contributed by atoms with E-state index in [4.69, 9.17) is 19.2 Å². The fourth-order valence-electron chi connectivity index (χ4n) is 5.39. The highest BCUT2D eigenvalue weighted by atomic mass is 79.9. The molecule has 0 fully saturated rings. The lowest BCUT2D eigenvalue weighted by atomic mass is 9.70. The Morgan fingerprint density at radius 2 is 2.03 bits per heavy atom. The molecule has 8 nitrogen and oxygen atoms in total. The van der Waals surface area contributed by atoms with E-state index in [-0.39, 0.29) is 18.3 Å². The number of ketones is 1. The van der Waals surface area contributed by atoms with Gasteiger partial charge in [-0.25, -0.2) is 4.79 Å². The van der Waals surface area contributed by atoms with E-state index in [0.29, 0.717) is 44.9 Å². The number of methoxy groups -OCH3 is 2. The standard InChI is InChI=1S/C30H32BrN3O5/c1-5-7-18-11-24-28(26(35)12-18)27(22(15-32)17(2)33-24)20-13-23(31)29(25(14-20)34-30(36)38-4)39-16-19-8-6-9-21(10-19)37-3/h6,8-10,13-14,18,22,27H,5,7,11-12,16H2,1-4H3,(H,34,36). The minimum Gasteiger partial charge on any atom is -0.497 e. The molecule has 3 unspecified atom stereocenters. The minimum absolute atomic E-state index is 0.0353. The summed E-state index contributed by atoms with van der Waals surface area (Å²) in [6.45, 7) is 4.17. The van der Waals surface area contributed by atoms with Crippen LogP contribution in [-0.4, -0.2) is 31.8 Å². The third-order valence-corrected chi connectivity index (χ3v) is 7.76. The van der Waals surface area contributed by atoms with E-state index in [1.165, 1.54) is 7.11 Å². The number of carbonyl (C=O) groups is 2. The van der Waals surface area contributed by atoms with Gasteiger partial charge in [0, 0.05) is 29.3 Å². The van der Waals surface area contributed by atoms with Gasteiger partial charge in [-0.15, -0.1) is 0 Å². The molecule has 9 heteroatoms. The van der Waals surface area contributed by atoms with Crippen molar-refractivity contribution in [1.82, 2.24) is 0 Å². The van der Waals surface area contributed by atoms with Crippen molar-refractivity contribution in [2.75, 3.05) is 19.5 Å². The summed E-state index contributed by atoms with van der Waals surface area (Å²) < 4.78 is 16.9. The number of allylic oxidation sites excluding steroid dienone is 2. The van der Waals surface area contributed by atoms with Gasteiger partial charge < -0.3 is 14.2 Å². The highest BCUT2D eigenvalue weighted by Gasteiger charge is 2.41. The van der Waals surface area contributed by atoms with Gasteiger partial charge in [0.25, 0.3) is 0 Å². The number of halogens is 1. The average Bonchev–Trinajstić information content (AvgIpc) is 2.91. The number of nitriles is 1. The minimum atomic E-state index is -0.667. The van der Waals surface area contributed by atoms with Crippen LogP contribution in [0.1, 0.15) is 56.6 Å². The maximum Gasteiger partial charge on any atom is 0.411 e. The van der Waals surface area contributed by atoms with Crippen molar-refractivity contribution in [3.8, 4) is 17.6 Å². The maximum atomic E-state index is 13.5. The lowest BCUT2D eigenvalue weighted by Crippen LogP contribution is -2.32. The first-order valence-corrected chi connectivity index (χ1v) is 13.7. The van der Waals surface area contributed by atoms with E-state index in [2.05, 4.69) is 34.2 Å². The first-order valence-electron chi connectivity index (χ1n) is 12.9. The van der Waals surface area contributed by atoms with Crippen molar-refractivity contribution in [1.29, 1.82) is 5.26 Å². The molecule has 1 N–H and O–H groups in total. The zero-order valence-corrected chi connectivity index (χ0v) is 24.1. The van der Waals surface area contributed by atoms with Gasteiger partial charge in [-0.3, -0.25) is 15.1 Å². The number of nitrogens with zero attached hydrogens (tertiary/aromatic N) is 2. The Morgan fingerprint density at radius 3 is 2.72 bits per heavy atom.